The van der Waals surface area contributed by atoms with Crippen LogP contribution >= 0.6 is 0 Å². The van der Waals surface area contributed by atoms with E-state index in [0.717, 1.165) is 22.3 Å². The second-order valence-corrected chi connectivity index (χ2v) is 8.83. The number of alkyl carbamates (subject to hydrolysis) is 1. The molecule has 2 aromatic carbocycles. The standard InChI is InChI=1S/C25H28N2O5/c1-15(2)13-22(24(29)30)27-12-11-21(23(27)28)26-25(31)32-14-20-18-9-5-3-7-16(18)17-8-4-6-10-19(17)20/h3-10,15,20-22H,11-14H2,1-2H3,(H,26,31)(H,29,30)/t21-,22+/m1/s1. The number of amides is 2. The summed E-state index contributed by atoms with van der Waals surface area (Å²) >= 11 is 0. The molecule has 2 aliphatic rings. The monoisotopic (exact) mass is 436 g/mol. The van der Waals surface area contributed by atoms with Crippen molar-refractivity contribution in [2.75, 3.05) is 13.2 Å². The van der Waals surface area contributed by atoms with Gasteiger partial charge in [0.2, 0.25) is 5.91 Å². The summed E-state index contributed by atoms with van der Waals surface area (Å²) in [5, 5.41) is 12.2. The van der Waals surface area contributed by atoms with E-state index in [1.165, 1.54) is 4.90 Å². The fourth-order valence-corrected chi connectivity index (χ4v) is 4.74. The number of ether oxygens (including phenoxy) is 1. The summed E-state index contributed by atoms with van der Waals surface area (Å²) in [6.45, 7) is 4.30. The normalized spacial score (nSPS) is 18.4. The number of nitrogens with zero attached hydrogens (tertiary/aromatic N) is 1. The van der Waals surface area contributed by atoms with Crippen LogP contribution in [-0.4, -0.2) is 53.2 Å². The molecule has 2 N–H and O–H groups in total. The lowest BCUT2D eigenvalue weighted by Gasteiger charge is -2.26. The lowest BCUT2D eigenvalue weighted by Crippen LogP contribution is -2.47. The minimum absolute atomic E-state index is 0.0636. The molecule has 7 heteroatoms. The van der Waals surface area contributed by atoms with Gasteiger partial charge in [-0.25, -0.2) is 9.59 Å². The Morgan fingerprint density at radius 3 is 2.25 bits per heavy atom. The van der Waals surface area contributed by atoms with Crippen LogP contribution in [0.4, 0.5) is 4.79 Å². The van der Waals surface area contributed by atoms with Gasteiger partial charge in [-0.05, 0) is 41.0 Å². The van der Waals surface area contributed by atoms with Gasteiger partial charge in [-0.2, -0.15) is 0 Å². The van der Waals surface area contributed by atoms with Crippen molar-refractivity contribution in [1.29, 1.82) is 0 Å². The topological polar surface area (TPSA) is 95.9 Å². The van der Waals surface area contributed by atoms with E-state index in [0.29, 0.717) is 19.4 Å². The SMILES string of the molecule is CC(C)C[C@@H](C(=O)O)N1CC[C@@H](NC(=O)OCC2c3ccccc3-c3ccccc32)C1=O. The zero-order valence-electron chi connectivity index (χ0n) is 18.3. The third kappa shape index (κ3) is 4.20. The number of aliphatic carboxylic acids is 1. The summed E-state index contributed by atoms with van der Waals surface area (Å²) < 4.78 is 5.52. The average molecular weight is 437 g/mol. The first-order valence-electron chi connectivity index (χ1n) is 11.0. The van der Waals surface area contributed by atoms with E-state index in [9.17, 15) is 19.5 Å². The van der Waals surface area contributed by atoms with Gasteiger partial charge in [0.25, 0.3) is 0 Å². The van der Waals surface area contributed by atoms with Gasteiger partial charge in [0, 0.05) is 12.5 Å². The zero-order valence-corrected chi connectivity index (χ0v) is 18.3. The predicted octanol–water partition coefficient (Wildman–Crippen LogP) is 3.63. The Balaban J connectivity index is 1.38. The van der Waals surface area contributed by atoms with E-state index in [1.54, 1.807) is 0 Å². The number of fused-ring (bicyclic) bond motifs is 3. The van der Waals surface area contributed by atoms with Gasteiger partial charge in [0.1, 0.15) is 18.7 Å². The van der Waals surface area contributed by atoms with Crippen molar-refractivity contribution < 1.29 is 24.2 Å². The number of hydrogen-bond donors (Lipinski definition) is 2. The number of hydrogen-bond acceptors (Lipinski definition) is 4. The third-order valence-corrected chi connectivity index (χ3v) is 6.23. The Morgan fingerprint density at radius 2 is 1.69 bits per heavy atom. The van der Waals surface area contributed by atoms with E-state index >= 15 is 0 Å². The number of rotatable bonds is 7. The van der Waals surface area contributed by atoms with Crippen molar-refractivity contribution >= 4 is 18.0 Å². The van der Waals surface area contributed by atoms with Gasteiger partial charge < -0.3 is 20.1 Å². The molecule has 0 bridgehead atoms. The van der Waals surface area contributed by atoms with E-state index in [2.05, 4.69) is 17.4 Å². The minimum Gasteiger partial charge on any atom is -0.480 e. The van der Waals surface area contributed by atoms with E-state index < -0.39 is 24.1 Å². The van der Waals surface area contributed by atoms with Crippen LogP contribution in [0.3, 0.4) is 0 Å². The highest BCUT2D eigenvalue weighted by Crippen LogP contribution is 2.44. The summed E-state index contributed by atoms with van der Waals surface area (Å²) in [6, 6.07) is 14.5. The third-order valence-electron chi connectivity index (χ3n) is 6.23. The van der Waals surface area contributed by atoms with Crippen LogP contribution in [0.5, 0.6) is 0 Å². The smallest absolute Gasteiger partial charge is 0.407 e. The fourth-order valence-electron chi connectivity index (χ4n) is 4.74. The van der Waals surface area contributed by atoms with Crippen LogP contribution < -0.4 is 5.32 Å². The highest BCUT2D eigenvalue weighted by Gasteiger charge is 2.40. The number of likely N-dealkylation sites (tertiary alicyclic amines) is 1. The molecule has 0 aromatic heterocycles. The molecule has 32 heavy (non-hydrogen) atoms. The maximum absolute atomic E-state index is 12.7. The van der Waals surface area contributed by atoms with Crippen LogP contribution in [0.2, 0.25) is 0 Å². The maximum Gasteiger partial charge on any atom is 0.407 e. The van der Waals surface area contributed by atoms with E-state index in [-0.39, 0.29) is 24.3 Å². The van der Waals surface area contributed by atoms with Gasteiger partial charge in [0.15, 0.2) is 0 Å². The molecular formula is C25H28N2O5. The van der Waals surface area contributed by atoms with E-state index in [4.69, 9.17) is 4.74 Å². The van der Waals surface area contributed by atoms with Crippen molar-refractivity contribution in [2.24, 2.45) is 5.92 Å². The molecule has 0 saturated carbocycles. The molecule has 0 unspecified atom stereocenters. The first kappa shape index (κ1) is 21.9. The zero-order chi connectivity index (χ0) is 22.8. The van der Waals surface area contributed by atoms with Crippen molar-refractivity contribution in [2.45, 2.75) is 44.7 Å². The van der Waals surface area contributed by atoms with Crippen LogP contribution in [0.1, 0.15) is 43.7 Å². The quantitative estimate of drug-likeness (QED) is 0.691. The van der Waals surface area contributed by atoms with Crippen LogP contribution in [0.25, 0.3) is 11.1 Å². The molecule has 2 aromatic rings. The number of nitrogens with one attached hydrogen (secondary N) is 1. The van der Waals surface area contributed by atoms with Gasteiger partial charge in [0.05, 0.1) is 0 Å². The van der Waals surface area contributed by atoms with Gasteiger partial charge in [-0.1, -0.05) is 62.4 Å². The first-order chi connectivity index (χ1) is 15.4. The molecule has 4 rings (SSSR count). The molecule has 1 heterocycles. The number of carboxylic acids is 1. The summed E-state index contributed by atoms with van der Waals surface area (Å²) in [5.74, 6) is -1.31. The first-order valence-corrected chi connectivity index (χ1v) is 11.0. The molecular weight excluding hydrogens is 408 g/mol. The average Bonchev–Trinajstić information content (AvgIpc) is 3.28. The van der Waals surface area contributed by atoms with Crippen molar-refractivity contribution in [1.82, 2.24) is 10.2 Å². The maximum atomic E-state index is 12.7. The Labute approximate surface area is 187 Å². The Kier molecular flexibility index (Phi) is 6.17. The van der Waals surface area contributed by atoms with Crippen LogP contribution in [0.15, 0.2) is 48.5 Å². The molecule has 168 valence electrons. The second kappa shape index (κ2) is 9.02. The largest absolute Gasteiger partial charge is 0.480 e. The van der Waals surface area contributed by atoms with Crippen molar-refractivity contribution in [3.8, 4) is 11.1 Å². The lowest BCUT2D eigenvalue weighted by atomic mass is 9.98. The summed E-state index contributed by atoms with van der Waals surface area (Å²) in [5.41, 5.74) is 4.51. The molecule has 1 aliphatic carbocycles. The van der Waals surface area contributed by atoms with Gasteiger partial charge >= 0.3 is 12.1 Å². The molecule has 0 spiro atoms. The Morgan fingerprint density at radius 1 is 1.09 bits per heavy atom. The number of benzene rings is 2. The van der Waals surface area contributed by atoms with Crippen LogP contribution in [0, 0.1) is 5.92 Å². The lowest BCUT2D eigenvalue weighted by molar-refractivity contribution is -0.149. The fraction of sp³-hybridized carbons (Fsp3) is 0.400. The number of carboxylic acid groups (broad SMARTS) is 1. The molecule has 2 atom stereocenters. The van der Waals surface area contributed by atoms with Gasteiger partial charge in [-0.15, -0.1) is 0 Å². The Bertz CT molecular complexity index is 989. The predicted molar refractivity (Wildman–Crippen MR) is 119 cm³/mol. The summed E-state index contributed by atoms with van der Waals surface area (Å²) in [7, 11) is 0. The molecule has 0 radical (unpaired) electrons. The van der Waals surface area contributed by atoms with Crippen molar-refractivity contribution in [3.63, 3.8) is 0 Å². The molecule has 2 amide bonds. The van der Waals surface area contributed by atoms with Crippen LogP contribution in [-0.2, 0) is 14.3 Å². The van der Waals surface area contributed by atoms with Crippen molar-refractivity contribution in [3.05, 3.63) is 59.7 Å². The Hall–Kier alpha value is -3.35. The number of carbonyl (C=O) groups is 3. The summed E-state index contributed by atoms with van der Waals surface area (Å²) in [6.07, 6.45) is 0.0756. The van der Waals surface area contributed by atoms with E-state index in [1.807, 2.05) is 50.2 Å². The molecule has 1 saturated heterocycles. The number of carbonyl (C=O) groups excluding carboxylic acids is 2. The minimum atomic E-state index is -1.02. The molecule has 1 aliphatic heterocycles. The highest BCUT2D eigenvalue weighted by molar-refractivity contribution is 5.91. The molecule has 1 fully saturated rings. The molecule has 7 nitrogen and oxygen atoms in total. The summed E-state index contributed by atoms with van der Waals surface area (Å²) in [4.78, 5) is 38.2. The van der Waals surface area contributed by atoms with Gasteiger partial charge in [-0.3, -0.25) is 4.79 Å². The second-order valence-electron chi connectivity index (χ2n) is 8.83. The highest BCUT2D eigenvalue weighted by atomic mass is 16.5.